The lowest BCUT2D eigenvalue weighted by molar-refractivity contribution is 0.296. The van der Waals surface area contributed by atoms with Gasteiger partial charge in [-0.25, -0.2) is 8.42 Å². The minimum atomic E-state index is -3.57. The van der Waals surface area contributed by atoms with Gasteiger partial charge in [0.15, 0.2) is 9.84 Å². The molecule has 0 saturated carbocycles. The Balaban J connectivity index is 3.26. The Bertz CT molecular complexity index is 542. The average molecular weight is 292 g/mol. The van der Waals surface area contributed by atoms with Crippen molar-refractivity contribution in [2.45, 2.75) is 12.2 Å². The predicted octanol–water partition coefficient (Wildman–Crippen LogP) is 1.31. The Morgan fingerprint density at radius 3 is 2.61 bits per heavy atom. The van der Waals surface area contributed by atoms with Crippen molar-refractivity contribution in [3.8, 4) is 0 Å². The quantitative estimate of drug-likeness (QED) is 0.486. The number of benzene rings is 1. The molecule has 0 radical (unpaired) electrons. The van der Waals surface area contributed by atoms with Crippen LogP contribution in [0.25, 0.3) is 0 Å². The molecule has 1 atom stereocenters. The normalized spacial score (nSPS) is 14.5. The summed E-state index contributed by atoms with van der Waals surface area (Å²) in [5.74, 6) is -0.155. The van der Waals surface area contributed by atoms with Crippen LogP contribution in [0.1, 0.15) is 12.5 Å². The molecule has 0 heterocycles. The molecule has 100 valence electrons. The van der Waals surface area contributed by atoms with Crippen LogP contribution in [0.2, 0.25) is 5.02 Å². The van der Waals surface area contributed by atoms with Crippen molar-refractivity contribution in [2.24, 2.45) is 5.16 Å². The van der Waals surface area contributed by atoms with E-state index in [2.05, 4.69) is 5.16 Å². The third-order valence-corrected chi connectivity index (χ3v) is 4.81. The van der Waals surface area contributed by atoms with E-state index in [-0.39, 0.29) is 11.5 Å². The highest BCUT2D eigenvalue weighted by Gasteiger charge is 2.30. The van der Waals surface area contributed by atoms with Gasteiger partial charge in [-0.05, 0) is 12.1 Å². The van der Waals surface area contributed by atoms with Gasteiger partial charge in [0.1, 0.15) is 11.0 Å². The fourth-order valence-electron chi connectivity index (χ4n) is 1.53. The van der Waals surface area contributed by atoms with E-state index in [1.54, 1.807) is 18.2 Å². The molecular formula is C11H14ClNO4S. The van der Waals surface area contributed by atoms with Crippen molar-refractivity contribution in [1.29, 1.82) is 0 Å². The van der Waals surface area contributed by atoms with Gasteiger partial charge in [-0.15, -0.1) is 0 Å². The van der Waals surface area contributed by atoms with Crippen LogP contribution >= 0.6 is 11.6 Å². The largest absolute Gasteiger partial charge is 0.411 e. The standard InChI is InChI=1S/C11H14ClNO4S/c1-2-18(16,17)10(7-14)11(13-15)8-4-3-5-9(12)6-8/h3-6,10,14-15H,2,7H2,1H3/b13-11+. The molecule has 0 aliphatic carbocycles. The number of aliphatic hydroxyl groups excluding tert-OH is 1. The van der Waals surface area contributed by atoms with E-state index >= 15 is 0 Å². The van der Waals surface area contributed by atoms with Crippen LogP contribution in [0.5, 0.6) is 0 Å². The van der Waals surface area contributed by atoms with Gasteiger partial charge in [0.05, 0.1) is 6.61 Å². The van der Waals surface area contributed by atoms with Crippen LogP contribution < -0.4 is 0 Å². The maximum atomic E-state index is 11.8. The number of nitrogens with zero attached hydrogens (tertiary/aromatic N) is 1. The summed E-state index contributed by atoms with van der Waals surface area (Å²) in [6.45, 7) is 0.813. The maximum absolute atomic E-state index is 11.8. The summed E-state index contributed by atoms with van der Waals surface area (Å²) in [7, 11) is -3.57. The van der Waals surface area contributed by atoms with Gasteiger partial charge in [0.25, 0.3) is 0 Å². The van der Waals surface area contributed by atoms with Gasteiger partial charge in [0, 0.05) is 16.3 Å². The lowest BCUT2D eigenvalue weighted by atomic mass is 10.1. The molecule has 1 aromatic rings. The first-order valence-electron chi connectivity index (χ1n) is 5.26. The highest BCUT2D eigenvalue weighted by molar-refractivity contribution is 7.92. The lowest BCUT2D eigenvalue weighted by Gasteiger charge is -2.15. The van der Waals surface area contributed by atoms with Gasteiger partial charge in [-0.2, -0.15) is 0 Å². The van der Waals surface area contributed by atoms with E-state index < -0.39 is 21.7 Å². The monoisotopic (exact) mass is 291 g/mol. The molecule has 0 saturated heterocycles. The van der Waals surface area contributed by atoms with E-state index in [9.17, 15) is 13.5 Å². The zero-order valence-electron chi connectivity index (χ0n) is 9.75. The summed E-state index contributed by atoms with van der Waals surface area (Å²) in [6, 6.07) is 6.26. The molecule has 2 N–H and O–H groups in total. The summed E-state index contributed by atoms with van der Waals surface area (Å²) < 4.78 is 23.6. The zero-order valence-corrected chi connectivity index (χ0v) is 11.3. The minimum Gasteiger partial charge on any atom is -0.411 e. The lowest BCUT2D eigenvalue weighted by Crippen LogP contribution is -2.35. The number of sulfone groups is 1. The van der Waals surface area contributed by atoms with Gasteiger partial charge in [0.2, 0.25) is 0 Å². The van der Waals surface area contributed by atoms with Crippen molar-refractivity contribution in [3.63, 3.8) is 0 Å². The van der Waals surface area contributed by atoms with Crippen molar-refractivity contribution in [1.82, 2.24) is 0 Å². The predicted molar refractivity (Wildman–Crippen MR) is 70.1 cm³/mol. The van der Waals surface area contributed by atoms with Crippen molar-refractivity contribution >= 4 is 27.1 Å². The SMILES string of the molecule is CCS(=O)(=O)C(CO)/C(=N/O)c1cccc(Cl)c1. The molecule has 0 bridgehead atoms. The number of hydrogen-bond donors (Lipinski definition) is 2. The fraction of sp³-hybridized carbons (Fsp3) is 0.364. The van der Waals surface area contributed by atoms with Crippen LogP contribution in [0.3, 0.4) is 0 Å². The van der Waals surface area contributed by atoms with E-state index in [0.717, 1.165) is 0 Å². The summed E-state index contributed by atoms with van der Waals surface area (Å²) in [5.41, 5.74) is 0.253. The summed E-state index contributed by atoms with van der Waals surface area (Å²) >= 11 is 5.79. The minimum absolute atomic E-state index is 0.109. The Labute approximate surface area is 111 Å². The topological polar surface area (TPSA) is 87.0 Å². The molecule has 5 nitrogen and oxygen atoms in total. The van der Waals surface area contributed by atoms with Crippen LogP contribution in [0, 0.1) is 0 Å². The molecule has 0 spiro atoms. The molecule has 0 aliphatic heterocycles. The Morgan fingerprint density at radius 2 is 2.17 bits per heavy atom. The first-order valence-corrected chi connectivity index (χ1v) is 7.36. The first-order chi connectivity index (χ1) is 8.46. The van der Waals surface area contributed by atoms with E-state index in [1.165, 1.54) is 13.0 Å². The van der Waals surface area contributed by atoms with E-state index in [4.69, 9.17) is 16.8 Å². The second-order valence-electron chi connectivity index (χ2n) is 3.62. The Kier molecular flexibility index (Phi) is 5.13. The molecule has 0 aliphatic rings. The molecule has 0 amide bonds. The summed E-state index contributed by atoms with van der Waals surface area (Å²) in [6.07, 6.45) is 0. The Hall–Kier alpha value is -1.11. The molecule has 0 aromatic heterocycles. The number of rotatable bonds is 5. The third kappa shape index (κ3) is 3.22. The first kappa shape index (κ1) is 14.9. The van der Waals surface area contributed by atoms with Crippen LogP contribution in [0.15, 0.2) is 29.4 Å². The van der Waals surface area contributed by atoms with Crippen molar-refractivity contribution < 1.29 is 18.7 Å². The number of aliphatic hydroxyl groups is 1. The number of oxime groups is 1. The number of hydrogen-bond acceptors (Lipinski definition) is 5. The van der Waals surface area contributed by atoms with Crippen molar-refractivity contribution in [2.75, 3.05) is 12.4 Å². The van der Waals surface area contributed by atoms with Crippen LogP contribution in [-0.2, 0) is 9.84 Å². The fourth-order valence-corrected chi connectivity index (χ4v) is 2.87. The molecule has 7 heteroatoms. The van der Waals surface area contributed by atoms with Gasteiger partial charge < -0.3 is 10.3 Å². The molecule has 0 fully saturated rings. The van der Waals surface area contributed by atoms with Gasteiger partial charge in [-0.1, -0.05) is 35.8 Å². The zero-order chi connectivity index (χ0) is 13.8. The average Bonchev–Trinajstić information content (AvgIpc) is 2.35. The van der Waals surface area contributed by atoms with Gasteiger partial charge in [-0.3, -0.25) is 0 Å². The number of halogens is 1. The summed E-state index contributed by atoms with van der Waals surface area (Å²) in [4.78, 5) is 0. The molecule has 1 rings (SSSR count). The third-order valence-electron chi connectivity index (χ3n) is 2.53. The second kappa shape index (κ2) is 6.17. The van der Waals surface area contributed by atoms with Gasteiger partial charge >= 0.3 is 0 Å². The highest BCUT2D eigenvalue weighted by atomic mass is 35.5. The summed E-state index contributed by atoms with van der Waals surface area (Å²) in [5, 5.41) is 20.4. The second-order valence-corrected chi connectivity index (χ2v) is 6.53. The molecule has 18 heavy (non-hydrogen) atoms. The van der Waals surface area contributed by atoms with Crippen LogP contribution in [0.4, 0.5) is 0 Å². The molecular weight excluding hydrogens is 278 g/mol. The molecule has 1 unspecified atom stereocenters. The maximum Gasteiger partial charge on any atom is 0.161 e. The molecule has 1 aromatic carbocycles. The highest BCUT2D eigenvalue weighted by Crippen LogP contribution is 2.16. The van der Waals surface area contributed by atoms with E-state index in [1.807, 2.05) is 0 Å². The van der Waals surface area contributed by atoms with E-state index in [0.29, 0.717) is 10.6 Å². The van der Waals surface area contributed by atoms with Crippen LogP contribution in [-0.4, -0.2) is 42.1 Å². The smallest absolute Gasteiger partial charge is 0.161 e. The Morgan fingerprint density at radius 1 is 1.50 bits per heavy atom. The van der Waals surface area contributed by atoms with Crippen molar-refractivity contribution in [3.05, 3.63) is 34.9 Å².